The van der Waals surface area contributed by atoms with Gasteiger partial charge in [-0.05, 0) is 12.0 Å². The van der Waals surface area contributed by atoms with E-state index in [9.17, 15) is 0 Å². The molecule has 0 bridgehead atoms. The SMILES string of the molecule is [C-](=C(C(=Cc1ccccc1)c1ccccc1)c1ccccc1)c1ccccc1.[Zr+2].[c-]1cccc2c1Cc1ccccc1-2. The largest absolute Gasteiger partial charge is 2.00 e. The van der Waals surface area contributed by atoms with E-state index < -0.39 is 0 Å². The maximum atomic E-state index is 3.66. The summed E-state index contributed by atoms with van der Waals surface area (Å²) in [4.78, 5) is 0. The van der Waals surface area contributed by atoms with Gasteiger partial charge in [0.05, 0.1) is 0 Å². The zero-order valence-electron chi connectivity index (χ0n) is 23.4. The molecule has 6 aromatic rings. The van der Waals surface area contributed by atoms with Gasteiger partial charge >= 0.3 is 26.2 Å². The van der Waals surface area contributed by atoms with Crippen molar-refractivity contribution < 1.29 is 26.2 Å². The molecule has 42 heavy (non-hydrogen) atoms. The van der Waals surface area contributed by atoms with Gasteiger partial charge in [-0.25, -0.2) is 0 Å². The van der Waals surface area contributed by atoms with Crippen LogP contribution in [0.1, 0.15) is 33.4 Å². The van der Waals surface area contributed by atoms with Crippen LogP contribution in [-0.4, -0.2) is 0 Å². The number of benzene rings is 6. The van der Waals surface area contributed by atoms with Gasteiger partial charge < -0.3 is 0 Å². The number of rotatable bonds is 5. The molecular formula is C41H30Zr. The van der Waals surface area contributed by atoms with Crippen LogP contribution < -0.4 is 0 Å². The van der Waals surface area contributed by atoms with E-state index >= 15 is 0 Å². The predicted molar refractivity (Wildman–Crippen MR) is 173 cm³/mol. The Hall–Kier alpha value is -4.32. The molecule has 0 aliphatic heterocycles. The van der Waals surface area contributed by atoms with Crippen molar-refractivity contribution >= 4 is 17.2 Å². The molecule has 1 aliphatic carbocycles. The summed E-state index contributed by atoms with van der Waals surface area (Å²) in [5.74, 6) is 0. The fourth-order valence-corrected chi connectivity index (χ4v) is 5.20. The van der Waals surface area contributed by atoms with Crippen molar-refractivity contribution in [2.24, 2.45) is 0 Å². The van der Waals surface area contributed by atoms with Gasteiger partial charge in [0.25, 0.3) is 0 Å². The number of fused-ring (bicyclic) bond motifs is 3. The Labute approximate surface area is 268 Å². The molecule has 0 fully saturated rings. The maximum absolute atomic E-state index is 3.66. The third kappa shape index (κ3) is 7.11. The molecule has 1 heteroatoms. The van der Waals surface area contributed by atoms with Crippen LogP contribution in [0.2, 0.25) is 0 Å². The first-order chi connectivity index (χ1) is 20.3. The number of hydrogen-bond donors (Lipinski definition) is 0. The molecule has 0 aromatic heterocycles. The van der Waals surface area contributed by atoms with E-state index in [1.807, 2.05) is 36.4 Å². The zero-order chi connectivity index (χ0) is 27.7. The van der Waals surface area contributed by atoms with Gasteiger partial charge in [0.2, 0.25) is 0 Å². The van der Waals surface area contributed by atoms with Gasteiger partial charge in [0.15, 0.2) is 0 Å². The molecule has 198 valence electrons. The Bertz CT molecular complexity index is 1630. The minimum Gasteiger partial charge on any atom is -0.179 e. The molecule has 7 rings (SSSR count). The standard InChI is InChI=1S/C28H21.C13H9.Zr/c1-5-13-23(14-6-1)21-27(25-17-9-3-10-18-25)28(26-19-11-4-12-20-26)22-24-15-7-2-8-16-24;1-3-7-12-10(5-1)9-11-6-2-4-8-13(11)12;/h1-21H;1-5,7-8H,9H2;/q2*-1;+2. The van der Waals surface area contributed by atoms with Crippen molar-refractivity contribution in [3.8, 4) is 11.1 Å². The van der Waals surface area contributed by atoms with Gasteiger partial charge in [-0.1, -0.05) is 167 Å². The molecule has 0 unspecified atom stereocenters. The van der Waals surface area contributed by atoms with Gasteiger partial charge in [-0.15, -0.1) is 34.9 Å². The molecule has 0 saturated carbocycles. The smallest absolute Gasteiger partial charge is 0.179 e. The third-order valence-electron chi connectivity index (χ3n) is 7.19. The summed E-state index contributed by atoms with van der Waals surface area (Å²) in [5, 5.41) is 0. The quantitative estimate of drug-likeness (QED) is 0.103. The molecular weight excluding hydrogens is 584 g/mol. The number of hydrogen-bond acceptors (Lipinski definition) is 0. The van der Waals surface area contributed by atoms with Crippen LogP contribution >= 0.6 is 0 Å². The summed E-state index contributed by atoms with van der Waals surface area (Å²) in [6, 6.07) is 59.9. The molecule has 0 nitrogen and oxygen atoms in total. The van der Waals surface area contributed by atoms with E-state index in [1.165, 1.54) is 33.4 Å². The molecule has 0 heterocycles. The normalized spacial score (nSPS) is 11.8. The molecule has 0 spiro atoms. The Balaban J connectivity index is 0.000000209. The van der Waals surface area contributed by atoms with Crippen molar-refractivity contribution in [2.75, 3.05) is 0 Å². The molecule has 0 radical (unpaired) electrons. The fraction of sp³-hybridized carbons (Fsp3) is 0.0244. The second-order valence-corrected chi connectivity index (χ2v) is 9.96. The summed E-state index contributed by atoms with van der Waals surface area (Å²) in [5.41, 5.74) is 12.3. The van der Waals surface area contributed by atoms with Crippen LogP contribution in [0.5, 0.6) is 0 Å². The summed E-state index contributed by atoms with van der Waals surface area (Å²) >= 11 is 0. The van der Waals surface area contributed by atoms with E-state index in [0.717, 1.165) is 28.7 Å². The average Bonchev–Trinajstić information content (AvgIpc) is 3.44. The first-order valence-corrected chi connectivity index (χ1v) is 14.0. The summed E-state index contributed by atoms with van der Waals surface area (Å²) in [7, 11) is 0. The van der Waals surface area contributed by atoms with Crippen LogP contribution in [0.4, 0.5) is 0 Å². The van der Waals surface area contributed by atoms with Gasteiger partial charge in [-0.3, -0.25) is 0 Å². The fourth-order valence-electron chi connectivity index (χ4n) is 5.20. The summed E-state index contributed by atoms with van der Waals surface area (Å²) in [6.07, 6.45) is 6.95. The van der Waals surface area contributed by atoms with Crippen molar-refractivity contribution in [1.82, 2.24) is 0 Å². The summed E-state index contributed by atoms with van der Waals surface area (Å²) in [6.45, 7) is 0. The minimum absolute atomic E-state index is 0. The van der Waals surface area contributed by atoms with Crippen molar-refractivity contribution in [3.63, 3.8) is 0 Å². The number of allylic oxidation sites excluding steroid dienone is 2. The molecule has 0 amide bonds. The van der Waals surface area contributed by atoms with E-state index in [2.05, 4.69) is 146 Å². The van der Waals surface area contributed by atoms with Crippen LogP contribution in [0, 0.1) is 12.1 Å². The molecule has 0 N–H and O–H groups in total. The van der Waals surface area contributed by atoms with E-state index in [1.54, 1.807) is 0 Å². The van der Waals surface area contributed by atoms with Crippen LogP contribution in [0.3, 0.4) is 0 Å². The molecule has 0 saturated heterocycles. The second kappa shape index (κ2) is 14.5. The van der Waals surface area contributed by atoms with Gasteiger partial charge in [-0.2, -0.15) is 29.8 Å². The first-order valence-electron chi connectivity index (χ1n) is 14.0. The van der Waals surface area contributed by atoms with E-state index in [0.29, 0.717) is 0 Å². The van der Waals surface area contributed by atoms with Crippen molar-refractivity contribution in [3.05, 3.63) is 209 Å². The second-order valence-electron chi connectivity index (χ2n) is 9.96. The zero-order valence-corrected chi connectivity index (χ0v) is 25.8. The molecule has 1 aliphatic rings. The van der Waals surface area contributed by atoms with Crippen LogP contribution in [-0.2, 0) is 32.6 Å². The topological polar surface area (TPSA) is 0 Å². The first kappa shape index (κ1) is 29.2. The van der Waals surface area contributed by atoms with Crippen LogP contribution in [0.15, 0.2) is 164 Å². The molecule has 0 atom stereocenters. The summed E-state index contributed by atoms with van der Waals surface area (Å²) < 4.78 is 0. The van der Waals surface area contributed by atoms with Crippen molar-refractivity contribution in [1.29, 1.82) is 0 Å². The minimum atomic E-state index is 0. The Kier molecular flexibility index (Phi) is 10.1. The maximum Gasteiger partial charge on any atom is 2.00 e. The molecule has 6 aromatic carbocycles. The average molecular weight is 614 g/mol. The van der Waals surface area contributed by atoms with Crippen molar-refractivity contribution in [2.45, 2.75) is 6.42 Å². The van der Waals surface area contributed by atoms with E-state index in [-0.39, 0.29) is 26.2 Å². The predicted octanol–water partition coefficient (Wildman–Crippen LogP) is 10.2. The third-order valence-corrected chi connectivity index (χ3v) is 7.19. The Morgan fingerprint density at radius 2 is 1.10 bits per heavy atom. The Morgan fingerprint density at radius 3 is 1.79 bits per heavy atom. The van der Waals surface area contributed by atoms with Gasteiger partial charge in [0.1, 0.15) is 0 Å². The van der Waals surface area contributed by atoms with E-state index in [4.69, 9.17) is 0 Å². The van der Waals surface area contributed by atoms with Crippen LogP contribution in [0.25, 0.3) is 28.3 Å². The monoisotopic (exact) mass is 612 g/mol. The van der Waals surface area contributed by atoms with Gasteiger partial charge in [0, 0.05) is 0 Å². The Morgan fingerprint density at radius 1 is 0.548 bits per heavy atom.